The molecule has 1 unspecified atom stereocenters. The summed E-state index contributed by atoms with van der Waals surface area (Å²) in [4.78, 5) is 41.1. The molecule has 9 heteroatoms. The molecule has 0 radical (unpaired) electrons. The number of benzene rings is 2. The first-order chi connectivity index (χ1) is 14.5. The van der Waals surface area contributed by atoms with E-state index in [2.05, 4.69) is 5.32 Å². The Morgan fingerprint density at radius 1 is 1.07 bits per heavy atom. The van der Waals surface area contributed by atoms with Gasteiger partial charge >= 0.3 is 0 Å². The van der Waals surface area contributed by atoms with E-state index in [0.717, 1.165) is 11.1 Å². The Hall–Kier alpha value is -3.59. The summed E-state index contributed by atoms with van der Waals surface area (Å²) in [7, 11) is 0. The topological polar surface area (TPSA) is 114 Å². The summed E-state index contributed by atoms with van der Waals surface area (Å²) in [5.41, 5.74) is 8.02. The van der Waals surface area contributed by atoms with E-state index in [0.29, 0.717) is 29.3 Å². The standard InChI is InChI=1S/C21H20N4O5/c22-9-19(26)24-5-6-25-16(10-24)20(27)23-15-3-1-12(7-14(15)21(25)28)13-2-4-17-18(8-13)30-11-29-17/h1-4,7-8,16H,5-6,9-11,22H2,(H,23,27). The zero-order valence-electron chi connectivity index (χ0n) is 16.1. The van der Waals surface area contributed by atoms with E-state index in [-0.39, 0.29) is 44.1 Å². The van der Waals surface area contributed by atoms with Crippen LogP contribution in [0.1, 0.15) is 10.4 Å². The maximum atomic E-state index is 13.3. The Kier molecular flexibility index (Phi) is 4.32. The normalized spacial score (nSPS) is 19.7. The van der Waals surface area contributed by atoms with Gasteiger partial charge in [0.25, 0.3) is 5.91 Å². The number of hydrogen-bond acceptors (Lipinski definition) is 6. The van der Waals surface area contributed by atoms with Crippen molar-refractivity contribution in [2.24, 2.45) is 5.73 Å². The predicted molar refractivity (Wildman–Crippen MR) is 107 cm³/mol. The maximum absolute atomic E-state index is 13.3. The van der Waals surface area contributed by atoms with Crippen molar-refractivity contribution in [2.45, 2.75) is 6.04 Å². The molecule has 0 aliphatic carbocycles. The summed E-state index contributed by atoms with van der Waals surface area (Å²) in [5, 5.41) is 2.83. The van der Waals surface area contributed by atoms with Crippen LogP contribution in [0.3, 0.4) is 0 Å². The zero-order chi connectivity index (χ0) is 20.8. The Balaban J connectivity index is 1.48. The summed E-state index contributed by atoms with van der Waals surface area (Å²) >= 11 is 0. The molecule has 1 atom stereocenters. The van der Waals surface area contributed by atoms with Gasteiger partial charge in [0.2, 0.25) is 18.6 Å². The van der Waals surface area contributed by atoms with Crippen molar-refractivity contribution in [1.29, 1.82) is 0 Å². The van der Waals surface area contributed by atoms with Gasteiger partial charge in [0, 0.05) is 13.1 Å². The molecule has 3 heterocycles. The second-order valence-corrected chi connectivity index (χ2v) is 7.38. The largest absolute Gasteiger partial charge is 0.454 e. The smallest absolute Gasteiger partial charge is 0.256 e. The van der Waals surface area contributed by atoms with Crippen molar-refractivity contribution < 1.29 is 23.9 Å². The van der Waals surface area contributed by atoms with Gasteiger partial charge in [-0.15, -0.1) is 0 Å². The molecular weight excluding hydrogens is 388 g/mol. The first-order valence-electron chi connectivity index (χ1n) is 9.69. The van der Waals surface area contributed by atoms with Crippen molar-refractivity contribution in [1.82, 2.24) is 9.80 Å². The Bertz CT molecular complexity index is 1070. The summed E-state index contributed by atoms with van der Waals surface area (Å²) in [6.45, 7) is 0.824. The minimum Gasteiger partial charge on any atom is -0.454 e. The fourth-order valence-electron chi connectivity index (χ4n) is 4.06. The van der Waals surface area contributed by atoms with Crippen molar-refractivity contribution in [2.75, 3.05) is 38.3 Å². The molecule has 1 fully saturated rings. The second-order valence-electron chi connectivity index (χ2n) is 7.38. The molecule has 3 N–H and O–H groups in total. The molecule has 154 valence electrons. The number of nitrogens with two attached hydrogens (primary N) is 1. The number of carbonyl (C=O) groups excluding carboxylic acids is 3. The highest BCUT2D eigenvalue weighted by Crippen LogP contribution is 2.37. The third kappa shape index (κ3) is 2.94. The number of nitrogens with zero attached hydrogens (tertiary/aromatic N) is 2. The number of rotatable bonds is 2. The summed E-state index contributed by atoms with van der Waals surface area (Å²) in [6.07, 6.45) is 0. The van der Waals surface area contributed by atoms with Crippen LogP contribution in [-0.2, 0) is 9.59 Å². The lowest BCUT2D eigenvalue weighted by atomic mass is 10.0. The van der Waals surface area contributed by atoms with Crippen LogP contribution in [0.5, 0.6) is 11.5 Å². The van der Waals surface area contributed by atoms with E-state index in [1.54, 1.807) is 12.1 Å². The second kappa shape index (κ2) is 7.03. The fourth-order valence-corrected chi connectivity index (χ4v) is 4.06. The average molecular weight is 408 g/mol. The molecule has 3 aliphatic rings. The number of hydrogen-bond donors (Lipinski definition) is 2. The first-order valence-corrected chi connectivity index (χ1v) is 9.69. The number of ether oxygens (including phenoxy) is 2. The molecule has 0 saturated carbocycles. The fraction of sp³-hybridized carbons (Fsp3) is 0.286. The SMILES string of the molecule is NCC(=O)N1CCN2C(=O)c3cc(-c4ccc5c(c4)OCO5)ccc3NC(=O)C2C1. The van der Waals surface area contributed by atoms with E-state index >= 15 is 0 Å². The van der Waals surface area contributed by atoms with Crippen LogP contribution in [-0.4, -0.2) is 66.5 Å². The van der Waals surface area contributed by atoms with Crippen LogP contribution in [0.4, 0.5) is 5.69 Å². The molecule has 3 aliphatic heterocycles. The molecule has 1 saturated heterocycles. The van der Waals surface area contributed by atoms with E-state index in [4.69, 9.17) is 15.2 Å². The van der Waals surface area contributed by atoms with E-state index in [1.807, 2.05) is 24.3 Å². The molecule has 30 heavy (non-hydrogen) atoms. The van der Waals surface area contributed by atoms with Gasteiger partial charge in [0.1, 0.15) is 6.04 Å². The van der Waals surface area contributed by atoms with Crippen molar-refractivity contribution in [3.05, 3.63) is 42.0 Å². The van der Waals surface area contributed by atoms with Gasteiger partial charge in [0.05, 0.1) is 24.3 Å². The van der Waals surface area contributed by atoms with Gasteiger partial charge in [-0.1, -0.05) is 12.1 Å². The number of nitrogens with one attached hydrogen (secondary N) is 1. The van der Waals surface area contributed by atoms with Gasteiger partial charge in [-0.3, -0.25) is 14.4 Å². The molecule has 2 aromatic carbocycles. The first kappa shape index (κ1) is 18.4. The minimum absolute atomic E-state index is 0.124. The third-order valence-corrected chi connectivity index (χ3v) is 5.68. The molecular formula is C21H20N4O5. The quantitative estimate of drug-likeness (QED) is 0.754. The summed E-state index contributed by atoms with van der Waals surface area (Å²) < 4.78 is 10.8. The molecule has 0 aromatic heterocycles. The molecule has 2 aromatic rings. The Labute approximate surface area is 172 Å². The molecule has 0 spiro atoms. The number of amides is 3. The Morgan fingerprint density at radius 2 is 1.83 bits per heavy atom. The van der Waals surface area contributed by atoms with Crippen LogP contribution in [0.25, 0.3) is 11.1 Å². The summed E-state index contributed by atoms with van der Waals surface area (Å²) in [6, 6.07) is 10.2. The lowest BCUT2D eigenvalue weighted by Gasteiger charge is -2.39. The van der Waals surface area contributed by atoms with Crippen molar-refractivity contribution >= 4 is 23.4 Å². The van der Waals surface area contributed by atoms with Gasteiger partial charge < -0.3 is 30.3 Å². The number of carbonyl (C=O) groups is 3. The number of fused-ring (bicyclic) bond motifs is 3. The van der Waals surface area contributed by atoms with Crippen LogP contribution in [0.15, 0.2) is 36.4 Å². The van der Waals surface area contributed by atoms with E-state index < -0.39 is 6.04 Å². The zero-order valence-corrected chi connectivity index (χ0v) is 16.1. The number of anilines is 1. The van der Waals surface area contributed by atoms with Gasteiger partial charge in [-0.25, -0.2) is 0 Å². The van der Waals surface area contributed by atoms with E-state index in [1.165, 1.54) is 9.80 Å². The molecule has 0 bridgehead atoms. The number of piperazine rings is 1. The van der Waals surface area contributed by atoms with Gasteiger partial charge in [-0.2, -0.15) is 0 Å². The highest BCUT2D eigenvalue weighted by Gasteiger charge is 2.40. The lowest BCUT2D eigenvalue weighted by molar-refractivity contribution is -0.134. The predicted octanol–water partition coefficient (Wildman–Crippen LogP) is 0.646. The highest BCUT2D eigenvalue weighted by atomic mass is 16.7. The van der Waals surface area contributed by atoms with Gasteiger partial charge in [0.15, 0.2) is 11.5 Å². The average Bonchev–Trinajstić information content (AvgIpc) is 3.22. The van der Waals surface area contributed by atoms with Gasteiger partial charge in [-0.05, 0) is 35.4 Å². The maximum Gasteiger partial charge on any atom is 0.256 e. The Morgan fingerprint density at radius 3 is 2.67 bits per heavy atom. The molecule has 5 rings (SSSR count). The molecule has 3 amide bonds. The summed E-state index contributed by atoms with van der Waals surface area (Å²) in [5.74, 6) is 0.553. The van der Waals surface area contributed by atoms with E-state index in [9.17, 15) is 14.4 Å². The minimum atomic E-state index is -0.747. The van der Waals surface area contributed by atoms with Crippen LogP contribution < -0.4 is 20.5 Å². The lowest BCUT2D eigenvalue weighted by Crippen LogP contribution is -2.60. The van der Waals surface area contributed by atoms with Crippen molar-refractivity contribution in [3.8, 4) is 22.6 Å². The molecule has 9 nitrogen and oxygen atoms in total. The van der Waals surface area contributed by atoms with Crippen LogP contribution >= 0.6 is 0 Å². The van der Waals surface area contributed by atoms with Crippen molar-refractivity contribution in [3.63, 3.8) is 0 Å². The van der Waals surface area contributed by atoms with Crippen LogP contribution in [0.2, 0.25) is 0 Å². The van der Waals surface area contributed by atoms with Crippen LogP contribution in [0, 0.1) is 0 Å². The monoisotopic (exact) mass is 408 g/mol. The highest BCUT2D eigenvalue weighted by molar-refractivity contribution is 6.10. The third-order valence-electron chi connectivity index (χ3n) is 5.68.